The Hall–Kier alpha value is -0.860. The van der Waals surface area contributed by atoms with Crippen molar-refractivity contribution in [3.05, 3.63) is 55.1 Å². The Labute approximate surface area is 95.9 Å². The molecule has 0 aliphatic heterocycles. The van der Waals surface area contributed by atoms with E-state index in [-0.39, 0.29) is 0 Å². The lowest BCUT2D eigenvalue weighted by Crippen LogP contribution is -1.81. The first-order chi connectivity index (χ1) is 6.69. The first kappa shape index (κ1) is 11.2. The molecule has 1 aromatic rings. The van der Waals surface area contributed by atoms with Gasteiger partial charge in [0.05, 0.1) is 0 Å². The molecule has 14 heavy (non-hydrogen) atoms. The number of benzene rings is 1. The molecule has 72 valence electrons. The number of allylic oxidation sites excluding steroid dienone is 4. The van der Waals surface area contributed by atoms with Crippen LogP contribution in [0.4, 0.5) is 0 Å². The molecular weight excluding hydrogens is 208 g/mol. The van der Waals surface area contributed by atoms with Crippen molar-refractivity contribution in [2.45, 2.75) is 9.79 Å². The molecule has 0 aliphatic carbocycles. The first-order valence-electron chi connectivity index (χ1n) is 4.16. The van der Waals surface area contributed by atoms with Gasteiger partial charge >= 0.3 is 0 Å². The lowest BCUT2D eigenvalue weighted by atomic mass is 10.1. The van der Waals surface area contributed by atoms with E-state index < -0.39 is 0 Å². The molecular formula is C12H12S2. The van der Waals surface area contributed by atoms with E-state index >= 15 is 0 Å². The molecule has 0 aliphatic rings. The minimum Gasteiger partial charge on any atom is -0.142 e. The van der Waals surface area contributed by atoms with Crippen LogP contribution in [0.25, 0.3) is 5.57 Å². The van der Waals surface area contributed by atoms with Gasteiger partial charge in [-0.05, 0) is 23.3 Å². The van der Waals surface area contributed by atoms with Crippen LogP contribution in [0.5, 0.6) is 0 Å². The van der Waals surface area contributed by atoms with Crippen molar-refractivity contribution in [3.63, 3.8) is 0 Å². The van der Waals surface area contributed by atoms with Crippen LogP contribution in [0, 0.1) is 0 Å². The summed E-state index contributed by atoms with van der Waals surface area (Å²) in [5.74, 6) is 0. The summed E-state index contributed by atoms with van der Waals surface area (Å²) in [5, 5.41) is 0. The minimum absolute atomic E-state index is 0.864. The highest BCUT2D eigenvalue weighted by molar-refractivity contribution is 7.83. The van der Waals surface area contributed by atoms with E-state index in [4.69, 9.17) is 0 Å². The molecule has 0 heterocycles. The molecule has 0 aromatic heterocycles. The molecule has 0 bridgehead atoms. The summed E-state index contributed by atoms with van der Waals surface area (Å²) in [7, 11) is 0. The Bertz CT molecular complexity index is 389. The molecule has 0 spiro atoms. The fourth-order valence-electron chi connectivity index (χ4n) is 1.11. The van der Waals surface area contributed by atoms with Gasteiger partial charge in [-0.15, -0.1) is 25.3 Å². The molecule has 2 heteroatoms. The third-order valence-corrected chi connectivity index (χ3v) is 2.76. The van der Waals surface area contributed by atoms with Crippen molar-refractivity contribution < 1.29 is 0 Å². The van der Waals surface area contributed by atoms with Gasteiger partial charge in [-0.1, -0.05) is 37.5 Å². The minimum atomic E-state index is 0.864. The Balaban J connectivity index is 3.18. The third-order valence-electron chi connectivity index (χ3n) is 1.83. The van der Waals surface area contributed by atoms with Gasteiger partial charge in [0.25, 0.3) is 0 Å². The molecule has 0 atom stereocenters. The van der Waals surface area contributed by atoms with Crippen LogP contribution in [0.1, 0.15) is 5.56 Å². The van der Waals surface area contributed by atoms with Crippen molar-refractivity contribution in [1.29, 1.82) is 0 Å². The van der Waals surface area contributed by atoms with Gasteiger partial charge < -0.3 is 0 Å². The highest BCUT2D eigenvalue weighted by Gasteiger charge is 1.99. The smallest absolute Gasteiger partial charge is 0.0180 e. The first-order valence-corrected chi connectivity index (χ1v) is 5.06. The van der Waals surface area contributed by atoms with Gasteiger partial charge in [-0.3, -0.25) is 0 Å². The predicted octanol–water partition coefficient (Wildman–Crippen LogP) is 4.02. The zero-order valence-electron chi connectivity index (χ0n) is 7.77. The van der Waals surface area contributed by atoms with E-state index in [1.807, 2.05) is 24.3 Å². The highest BCUT2D eigenvalue weighted by atomic mass is 32.1. The van der Waals surface area contributed by atoms with Gasteiger partial charge in [0.15, 0.2) is 0 Å². The van der Waals surface area contributed by atoms with Crippen LogP contribution in [0.3, 0.4) is 0 Å². The summed E-state index contributed by atoms with van der Waals surface area (Å²) in [6.07, 6.45) is 5.44. The maximum absolute atomic E-state index is 4.31. The quantitative estimate of drug-likeness (QED) is 0.558. The van der Waals surface area contributed by atoms with E-state index in [0.29, 0.717) is 0 Å². The molecule has 0 N–H and O–H groups in total. The molecule has 0 radical (unpaired) electrons. The van der Waals surface area contributed by atoms with Crippen molar-refractivity contribution in [2.75, 3.05) is 0 Å². The van der Waals surface area contributed by atoms with Crippen molar-refractivity contribution in [1.82, 2.24) is 0 Å². The number of thiol groups is 2. The van der Waals surface area contributed by atoms with Crippen LogP contribution >= 0.6 is 25.3 Å². The van der Waals surface area contributed by atoms with Crippen molar-refractivity contribution in [2.24, 2.45) is 0 Å². The molecule has 0 saturated carbocycles. The lowest BCUT2D eigenvalue weighted by Gasteiger charge is -2.04. The summed E-state index contributed by atoms with van der Waals surface area (Å²) in [6, 6.07) is 5.86. The summed E-state index contributed by atoms with van der Waals surface area (Å²) >= 11 is 8.56. The topological polar surface area (TPSA) is 0 Å². The maximum atomic E-state index is 4.31. The predicted molar refractivity (Wildman–Crippen MR) is 69.3 cm³/mol. The Kier molecular flexibility index (Phi) is 4.11. The summed E-state index contributed by atoms with van der Waals surface area (Å²) in [5.41, 5.74) is 2.10. The largest absolute Gasteiger partial charge is 0.142 e. The molecule has 0 amide bonds. The van der Waals surface area contributed by atoms with E-state index in [0.717, 1.165) is 20.9 Å². The number of hydrogen-bond acceptors (Lipinski definition) is 2. The second-order valence-electron chi connectivity index (χ2n) is 2.77. The summed E-state index contributed by atoms with van der Waals surface area (Å²) in [6.45, 7) is 7.40. The summed E-state index contributed by atoms with van der Waals surface area (Å²) < 4.78 is 0. The van der Waals surface area contributed by atoms with Gasteiger partial charge in [0.1, 0.15) is 0 Å². The molecule has 0 unspecified atom stereocenters. The van der Waals surface area contributed by atoms with E-state index in [1.165, 1.54) is 0 Å². The second-order valence-corrected chi connectivity index (χ2v) is 3.73. The molecule has 1 rings (SSSR count). The standard InChI is InChI=1S/C12H12S2/c1-3-5-9(4-2)10-6-7-11(13)12(14)8-10/h3-8,13-14H,1-2H2/b9-5+. The Morgan fingerprint density at radius 3 is 2.36 bits per heavy atom. The molecule has 0 fully saturated rings. The fourth-order valence-corrected chi connectivity index (χ4v) is 1.46. The van der Waals surface area contributed by atoms with Crippen LogP contribution in [-0.4, -0.2) is 0 Å². The SMILES string of the molecule is C=C/C=C(\C=C)c1ccc(S)c(S)c1. The van der Waals surface area contributed by atoms with Crippen molar-refractivity contribution >= 4 is 30.8 Å². The Morgan fingerprint density at radius 1 is 1.14 bits per heavy atom. The monoisotopic (exact) mass is 220 g/mol. The van der Waals surface area contributed by atoms with E-state index in [1.54, 1.807) is 12.2 Å². The maximum Gasteiger partial charge on any atom is 0.0180 e. The van der Waals surface area contributed by atoms with Gasteiger partial charge in [0.2, 0.25) is 0 Å². The molecule has 0 nitrogen and oxygen atoms in total. The van der Waals surface area contributed by atoms with Crippen LogP contribution in [0.2, 0.25) is 0 Å². The molecule has 1 aromatic carbocycles. The second kappa shape index (κ2) is 5.13. The Morgan fingerprint density at radius 2 is 1.86 bits per heavy atom. The van der Waals surface area contributed by atoms with Crippen LogP contribution < -0.4 is 0 Å². The lowest BCUT2D eigenvalue weighted by molar-refractivity contribution is 1.26. The van der Waals surface area contributed by atoms with E-state index in [9.17, 15) is 0 Å². The average Bonchev–Trinajstić information content (AvgIpc) is 2.19. The average molecular weight is 220 g/mol. The number of hydrogen-bond donors (Lipinski definition) is 2. The van der Waals surface area contributed by atoms with Gasteiger partial charge in [-0.2, -0.15) is 0 Å². The summed E-state index contributed by atoms with van der Waals surface area (Å²) in [4.78, 5) is 1.74. The van der Waals surface area contributed by atoms with Gasteiger partial charge in [-0.25, -0.2) is 0 Å². The highest BCUT2D eigenvalue weighted by Crippen LogP contribution is 2.24. The molecule has 0 saturated heterocycles. The van der Waals surface area contributed by atoms with Crippen LogP contribution in [-0.2, 0) is 0 Å². The zero-order chi connectivity index (χ0) is 10.6. The fraction of sp³-hybridized carbons (Fsp3) is 0. The van der Waals surface area contributed by atoms with Gasteiger partial charge in [0, 0.05) is 9.79 Å². The third kappa shape index (κ3) is 2.56. The van der Waals surface area contributed by atoms with Crippen molar-refractivity contribution in [3.8, 4) is 0 Å². The van der Waals surface area contributed by atoms with Crippen LogP contribution in [0.15, 0.2) is 59.4 Å². The number of rotatable bonds is 3. The van der Waals surface area contributed by atoms with E-state index in [2.05, 4.69) is 38.4 Å². The zero-order valence-corrected chi connectivity index (χ0v) is 9.56. The normalized spacial score (nSPS) is 11.1.